The summed E-state index contributed by atoms with van der Waals surface area (Å²) in [5, 5.41) is 11.9. The Morgan fingerprint density at radius 1 is 1.00 bits per heavy atom. The van der Waals surface area contributed by atoms with Crippen molar-refractivity contribution >= 4 is 42.4 Å². The van der Waals surface area contributed by atoms with Gasteiger partial charge in [0.15, 0.2) is 5.65 Å². The van der Waals surface area contributed by atoms with E-state index in [9.17, 15) is 4.79 Å². The maximum atomic E-state index is 13.5. The lowest BCUT2D eigenvalue weighted by molar-refractivity contribution is 0.166. The van der Waals surface area contributed by atoms with Crippen LogP contribution in [0.3, 0.4) is 0 Å². The lowest BCUT2D eigenvalue weighted by Gasteiger charge is -2.34. The normalized spacial score (nSPS) is 15.3. The molecule has 6 rings (SSSR count). The molecule has 1 aliphatic rings. The van der Waals surface area contributed by atoms with Gasteiger partial charge in [-0.3, -0.25) is 0 Å². The molecule has 2 radical (unpaired) electrons. The van der Waals surface area contributed by atoms with Crippen molar-refractivity contribution in [3.63, 3.8) is 0 Å². The molecule has 2 aromatic heterocycles. The molecule has 1 atom stereocenters. The molecule has 9 heteroatoms. The van der Waals surface area contributed by atoms with Crippen molar-refractivity contribution in [3.05, 3.63) is 113 Å². The van der Waals surface area contributed by atoms with Crippen molar-refractivity contribution in [1.82, 2.24) is 24.8 Å². The Kier molecular flexibility index (Phi) is 7.92. The summed E-state index contributed by atoms with van der Waals surface area (Å²) in [7, 11) is 6.19. The first kappa shape index (κ1) is 26.9. The van der Waals surface area contributed by atoms with Crippen LogP contribution >= 0.6 is 11.6 Å². The largest absolute Gasteiger partial charge is 0.370 e. The Hall–Kier alpha value is -4.30. The van der Waals surface area contributed by atoms with E-state index in [1.807, 2.05) is 71.6 Å². The smallest absolute Gasteiger partial charge is 0.318 e. The van der Waals surface area contributed by atoms with Crippen LogP contribution in [0.4, 0.5) is 10.6 Å². The molecule has 41 heavy (non-hydrogen) atoms. The van der Waals surface area contributed by atoms with E-state index < -0.39 is 0 Å². The van der Waals surface area contributed by atoms with E-state index in [-0.39, 0.29) is 18.0 Å². The number of likely N-dealkylation sites (tertiary alicyclic amines) is 1. The second-order valence-electron chi connectivity index (χ2n) is 10.4. The number of benzene rings is 3. The SMILES string of the molecule is [B]c1cnn2c(NCC3CCCN(C(=O)NC(c4ccccc4)c4ccccc4)C3)cc(-c3ccccc3Cl)nc12. The molecule has 1 unspecified atom stereocenters. The number of fused-ring (bicyclic) bond motifs is 1. The number of anilines is 1. The van der Waals surface area contributed by atoms with Crippen molar-refractivity contribution in [2.24, 2.45) is 5.92 Å². The summed E-state index contributed by atoms with van der Waals surface area (Å²) >= 11 is 6.48. The highest BCUT2D eigenvalue weighted by Crippen LogP contribution is 2.29. The van der Waals surface area contributed by atoms with E-state index in [1.165, 1.54) is 0 Å². The van der Waals surface area contributed by atoms with E-state index in [2.05, 4.69) is 40.0 Å². The number of piperidine rings is 1. The molecule has 2 N–H and O–H groups in total. The van der Waals surface area contributed by atoms with Crippen LogP contribution < -0.4 is 16.1 Å². The molecular weight excluding hydrogens is 531 g/mol. The van der Waals surface area contributed by atoms with Gasteiger partial charge in [-0.2, -0.15) is 9.61 Å². The van der Waals surface area contributed by atoms with Crippen molar-refractivity contribution < 1.29 is 4.79 Å². The lowest BCUT2D eigenvalue weighted by atomic mass is 9.97. The molecule has 0 spiro atoms. The number of nitrogens with zero attached hydrogens (tertiary/aromatic N) is 4. The minimum atomic E-state index is -0.220. The number of urea groups is 1. The zero-order chi connectivity index (χ0) is 28.2. The fourth-order valence-corrected chi connectivity index (χ4v) is 5.68. The number of rotatable bonds is 7. The van der Waals surface area contributed by atoms with Crippen LogP contribution in [0.5, 0.6) is 0 Å². The lowest BCUT2D eigenvalue weighted by Crippen LogP contribution is -2.47. The number of hydrogen-bond donors (Lipinski definition) is 2. The van der Waals surface area contributed by atoms with Crippen LogP contribution in [0.15, 0.2) is 97.2 Å². The summed E-state index contributed by atoms with van der Waals surface area (Å²) < 4.78 is 1.72. The van der Waals surface area contributed by atoms with Gasteiger partial charge in [0.05, 0.1) is 11.7 Å². The average Bonchev–Trinajstić information content (AvgIpc) is 3.40. The van der Waals surface area contributed by atoms with Crippen LogP contribution in [-0.2, 0) is 0 Å². The predicted octanol–water partition coefficient (Wildman–Crippen LogP) is 5.47. The summed E-state index contributed by atoms with van der Waals surface area (Å²) in [5.74, 6) is 1.04. The van der Waals surface area contributed by atoms with Crippen LogP contribution in [-0.4, -0.2) is 53.0 Å². The van der Waals surface area contributed by atoms with Gasteiger partial charge < -0.3 is 15.5 Å². The first-order valence-corrected chi connectivity index (χ1v) is 14.2. The molecule has 0 aliphatic carbocycles. The highest BCUT2D eigenvalue weighted by molar-refractivity contribution is 6.36. The van der Waals surface area contributed by atoms with Crippen LogP contribution in [0.25, 0.3) is 16.9 Å². The highest BCUT2D eigenvalue weighted by atomic mass is 35.5. The Balaban J connectivity index is 1.17. The Morgan fingerprint density at radius 3 is 2.39 bits per heavy atom. The van der Waals surface area contributed by atoms with Gasteiger partial charge in [-0.1, -0.05) is 90.5 Å². The highest BCUT2D eigenvalue weighted by Gasteiger charge is 2.26. The topological polar surface area (TPSA) is 74.6 Å². The van der Waals surface area contributed by atoms with Crippen LogP contribution in [0.2, 0.25) is 5.02 Å². The van der Waals surface area contributed by atoms with Crippen molar-refractivity contribution in [2.45, 2.75) is 18.9 Å². The molecule has 3 aromatic carbocycles. The number of nitrogens with one attached hydrogen (secondary N) is 2. The molecule has 1 saturated heterocycles. The fourth-order valence-electron chi connectivity index (χ4n) is 5.44. The number of amides is 2. The van der Waals surface area contributed by atoms with E-state index in [0.29, 0.717) is 29.2 Å². The van der Waals surface area contributed by atoms with Crippen molar-refractivity contribution in [3.8, 4) is 11.3 Å². The van der Waals surface area contributed by atoms with Gasteiger partial charge in [0.1, 0.15) is 13.7 Å². The number of aromatic nitrogens is 3. The van der Waals surface area contributed by atoms with Crippen LogP contribution in [0, 0.1) is 5.92 Å². The van der Waals surface area contributed by atoms with Gasteiger partial charge in [-0.05, 0) is 41.4 Å². The molecular formula is C32H30BClN6O. The third-order valence-electron chi connectivity index (χ3n) is 7.56. The quantitative estimate of drug-likeness (QED) is 0.259. The molecule has 7 nitrogen and oxygen atoms in total. The minimum absolute atomic E-state index is 0.0560. The molecule has 1 aliphatic heterocycles. The third-order valence-corrected chi connectivity index (χ3v) is 7.89. The molecule has 204 valence electrons. The van der Waals surface area contributed by atoms with E-state index in [0.717, 1.165) is 47.6 Å². The summed E-state index contributed by atoms with van der Waals surface area (Å²) in [4.78, 5) is 20.2. The Bertz CT molecular complexity index is 1610. The molecule has 3 heterocycles. The summed E-state index contributed by atoms with van der Waals surface area (Å²) in [6.45, 7) is 2.05. The summed E-state index contributed by atoms with van der Waals surface area (Å²) in [6.07, 6.45) is 3.56. The second kappa shape index (κ2) is 12.1. The zero-order valence-corrected chi connectivity index (χ0v) is 23.3. The van der Waals surface area contributed by atoms with E-state index >= 15 is 0 Å². The van der Waals surface area contributed by atoms with Gasteiger partial charge in [0.2, 0.25) is 0 Å². The van der Waals surface area contributed by atoms with Gasteiger partial charge in [-0.25, -0.2) is 9.78 Å². The Morgan fingerprint density at radius 2 is 1.68 bits per heavy atom. The molecule has 0 saturated carbocycles. The summed E-state index contributed by atoms with van der Waals surface area (Å²) in [5.41, 5.74) is 4.72. The van der Waals surface area contributed by atoms with Gasteiger partial charge in [-0.15, -0.1) is 0 Å². The number of hydrogen-bond acceptors (Lipinski definition) is 4. The average molecular weight is 561 g/mol. The monoisotopic (exact) mass is 560 g/mol. The third kappa shape index (κ3) is 5.93. The summed E-state index contributed by atoms with van der Waals surface area (Å²) in [6, 6.07) is 29.5. The standard InChI is InChI=1S/C32H30BClN6O/c33-26-20-36-40-29(18-28(37-31(26)40)25-15-7-8-16-27(25)34)35-19-22-10-9-17-39(21-22)32(41)38-30(23-11-3-1-4-12-23)24-13-5-2-6-14-24/h1-8,11-16,18,20,22,30,35H,9-10,17,19,21H2,(H,38,41). The molecule has 0 bridgehead atoms. The van der Waals surface area contributed by atoms with Crippen molar-refractivity contribution in [1.29, 1.82) is 0 Å². The maximum absolute atomic E-state index is 13.5. The van der Waals surface area contributed by atoms with Gasteiger partial charge >= 0.3 is 6.03 Å². The number of halogens is 1. The first-order chi connectivity index (χ1) is 20.1. The molecule has 1 fully saturated rings. The fraction of sp³-hybridized carbons (Fsp3) is 0.219. The van der Waals surface area contributed by atoms with Crippen LogP contribution in [0.1, 0.15) is 30.0 Å². The molecule has 5 aromatic rings. The van der Waals surface area contributed by atoms with E-state index in [1.54, 1.807) is 10.7 Å². The Labute approximate surface area is 246 Å². The zero-order valence-electron chi connectivity index (χ0n) is 22.6. The predicted molar refractivity (Wildman–Crippen MR) is 165 cm³/mol. The minimum Gasteiger partial charge on any atom is -0.370 e. The first-order valence-electron chi connectivity index (χ1n) is 13.8. The van der Waals surface area contributed by atoms with Crippen molar-refractivity contribution in [2.75, 3.05) is 25.0 Å². The molecule has 2 amide bonds. The van der Waals surface area contributed by atoms with Gasteiger partial charge in [0.25, 0.3) is 0 Å². The number of carbonyl (C=O) groups is 1. The second-order valence-corrected chi connectivity index (χ2v) is 10.8. The number of carbonyl (C=O) groups excluding carboxylic acids is 1. The maximum Gasteiger partial charge on any atom is 0.318 e. The van der Waals surface area contributed by atoms with Gasteiger partial charge in [0, 0.05) is 42.5 Å². The van der Waals surface area contributed by atoms with E-state index in [4.69, 9.17) is 24.4 Å².